The first-order valence-electron chi connectivity index (χ1n) is 9.40. The van der Waals surface area contributed by atoms with Crippen molar-refractivity contribution in [1.29, 1.82) is 0 Å². The van der Waals surface area contributed by atoms with Gasteiger partial charge in [-0.15, -0.1) is 0 Å². The second-order valence-corrected chi connectivity index (χ2v) is 7.30. The fourth-order valence-corrected chi connectivity index (χ4v) is 3.95. The topological polar surface area (TPSA) is 83.1 Å². The number of benzene rings is 1. The fraction of sp³-hybridized carbons (Fsp3) is 0.556. The molecule has 0 aromatic heterocycles. The van der Waals surface area contributed by atoms with Crippen molar-refractivity contribution in [2.24, 2.45) is 0 Å². The van der Waals surface area contributed by atoms with E-state index >= 15 is 0 Å². The lowest BCUT2D eigenvalue weighted by molar-refractivity contribution is -0.265. The van der Waals surface area contributed by atoms with Crippen molar-refractivity contribution in [3.05, 3.63) is 23.8 Å². The second kappa shape index (κ2) is 7.38. The zero-order valence-electron chi connectivity index (χ0n) is 15.7. The Morgan fingerprint density at radius 1 is 1.28 bits per heavy atom. The molecule has 2 atom stereocenters. The summed E-state index contributed by atoms with van der Waals surface area (Å²) in [5.41, 5.74) is 3.86. The van der Waals surface area contributed by atoms with Crippen LogP contribution in [0.5, 0.6) is 5.75 Å². The average molecular weight is 414 g/mol. The van der Waals surface area contributed by atoms with Gasteiger partial charge < -0.3 is 19.8 Å². The number of rotatable bonds is 2. The van der Waals surface area contributed by atoms with Crippen LogP contribution in [0.15, 0.2) is 18.2 Å². The molecule has 0 bridgehead atoms. The first kappa shape index (κ1) is 19.8. The Morgan fingerprint density at radius 2 is 2.00 bits per heavy atom. The number of nitrogens with zero attached hydrogens (tertiary/aromatic N) is 2. The summed E-state index contributed by atoms with van der Waals surface area (Å²) in [6, 6.07) is 5.02. The van der Waals surface area contributed by atoms with Gasteiger partial charge in [-0.2, -0.15) is 13.2 Å². The Hall–Kier alpha value is -2.53. The van der Waals surface area contributed by atoms with E-state index in [-0.39, 0.29) is 6.61 Å². The lowest BCUT2D eigenvalue weighted by Crippen LogP contribution is -2.70. The summed E-state index contributed by atoms with van der Waals surface area (Å²) in [6.07, 6.45) is -4.18. The van der Waals surface area contributed by atoms with E-state index in [1.54, 1.807) is 11.8 Å². The second-order valence-electron chi connectivity index (χ2n) is 7.30. The van der Waals surface area contributed by atoms with Crippen molar-refractivity contribution in [2.75, 3.05) is 24.6 Å². The van der Waals surface area contributed by atoms with E-state index in [0.29, 0.717) is 22.5 Å². The van der Waals surface area contributed by atoms with Crippen molar-refractivity contribution >= 4 is 17.6 Å². The molecule has 0 aliphatic carbocycles. The predicted molar refractivity (Wildman–Crippen MR) is 94.6 cm³/mol. The quantitative estimate of drug-likeness (QED) is 0.758. The molecule has 2 saturated heterocycles. The number of fused-ring (bicyclic) bond motifs is 3. The summed E-state index contributed by atoms with van der Waals surface area (Å²) in [5.74, 6) is -2.13. The molecular formula is C18H21F3N4O4. The predicted octanol–water partition coefficient (Wildman–Crippen LogP) is 1.43. The fourth-order valence-electron chi connectivity index (χ4n) is 3.95. The van der Waals surface area contributed by atoms with Gasteiger partial charge in [-0.3, -0.25) is 10.2 Å². The Kier molecular flexibility index (Phi) is 5.03. The minimum atomic E-state index is -5.19. The molecule has 158 valence electrons. The van der Waals surface area contributed by atoms with Crippen molar-refractivity contribution in [2.45, 2.75) is 44.1 Å². The highest BCUT2D eigenvalue weighted by molar-refractivity contribution is 5.87. The molecule has 1 amide bonds. The van der Waals surface area contributed by atoms with Gasteiger partial charge in [-0.1, -0.05) is 6.07 Å². The third-order valence-electron chi connectivity index (χ3n) is 5.48. The average Bonchev–Trinajstić information content (AvgIpc) is 2.70. The number of alkyl halides is 3. The minimum Gasteiger partial charge on any atom is -0.488 e. The molecule has 1 aromatic rings. The van der Waals surface area contributed by atoms with Crippen molar-refractivity contribution < 1.29 is 32.3 Å². The van der Waals surface area contributed by atoms with Crippen LogP contribution in [-0.4, -0.2) is 55.1 Å². The smallest absolute Gasteiger partial charge is 0.488 e. The summed E-state index contributed by atoms with van der Waals surface area (Å²) in [4.78, 5) is 29.7. The zero-order valence-corrected chi connectivity index (χ0v) is 15.7. The van der Waals surface area contributed by atoms with Crippen LogP contribution in [-0.2, 0) is 14.4 Å². The third kappa shape index (κ3) is 3.71. The molecule has 1 aromatic carbocycles. The van der Waals surface area contributed by atoms with Gasteiger partial charge in [0.25, 0.3) is 5.91 Å². The van der Waals surface area contributed by atoms with Crippen LogP contribution in [0.3, 0.4) is 0 Å². The first-order chi connectivity index (χ1) is 13.8. The number of halogens is 3. The normalized spacial score (nSPS) is 25.5. The van der Waals surface area contributed by atoms with Crippen LogP contribution in [0.2, 0.25) is 0 Å². The molecule has 2 fully saturated rings. The number of carbonyl (C=O) groups is 2. The number of ether oxygens (including phenoxy) is 1. The SMILES string of the molecule is CC1C(=O)NN(OC(=O)C(F)(F)F)C2COc3ccc(C4CCNCC4)cc3N12. The summed E-state index contributed by atoms with van der Waals surface area (Å²) >= 11 is 0. The van der Waals surface area contributed by atoms with Crippen LogP contribution in [0.4, 0.5) is 18.9 Å². The maximum atomic E-state index is 12.6. The summed E-state index contributed by atoms with van der Waals surface area (Å²) in [7, 11) is 0. The molecular weight excluding hydrogens is 393 g/mol. The van der Waals surface area contributed by atoms with Gasteiger partial charge in [-0.25, -0.2) is 4.79 Å². The van der Waals surface area contributed by atoms with Gasteiger partial charge in [0, 0.05) is 0 Å². The molecule has 3 aliphatic rings. The van der Waals surface area contributed by atoms with E-state index in [4.69, 9.17) is 4.74 Å². The molecule has 4 rings (SSSR count). The van der Waals surface area contributed by atoms with Crippen LogP contribution in [0.1, 0.15) is 31.2 Å². The molecule has 0 spiro atoms. The van der Waals surface area contributed by atoms with Gasteiger partial charge in [0.05, 0.1) is 5.69 Å². The monoisotopic (exact) mass is 414 g/mol. The number of nitrogens with one attached hydrogen (secondary N) is 2. The first-order valence-corrected chi connectivity index (χ1v) is 9.40. The van der Waals surface area contributed by atoms with Gasteiger partial charge in [0.15, 0.2) is 6.17 Å². The standard InChI is InChI=1S/C18H21F3N4O4/c1-10-16(26)23-25(29-17(27)18(19,20)21)15-9-28-14-3-2-12(8-13(14)24(10)15)11-4-6-22-7-5-11/h2-3,8,10-11,15,22H,4-7,9H2,1H3,(H,23,26). The largest absolute Gasteiger partial charge is 0.492 e. The Labute approximate surface area is 164 Å². The molecule has 29 heavy (non-hydrogen) atoms. The van der Waals surface area contributed by atoms with Crippen LogP contribution >= 0.6 is 0 Å². The van der Waals surface area contributed by atoms with E-state index in [1.165, 1.54) is 0 Å². The Morgan fingerprint density at radius 3 is 2.69 bits per heavy atom. The lowest BCUT2D eigenvalue weighted by Gasteiger charge is -2.48. The van der Waals surface area contributed by atoms with Crippen LogP contribution in [0.25, 0.3) is 0 Å². The van der Waals surface area contributed by atoms with Crippen LogP contribution in [0, 0.1) is 0 Å². The number of carbonyl (C=O) groups excluding carboxylic acids is 2. The highest BCUT2D eigenvalue weighted by Gasteiger charge is 2.49. The molecule has 2 unspecified atom stereocenters. The van der Waals surface area contributed by atoms with Gasteiger partial charge >= 0.3 is 12.1 Å². The van der Waals surface area contributed by atoms with E-state index in [2.05, 4.69) is 15.6 Å². The number of hydrogen-bond donors (Lipinski definition) is 2. The highest BCUT2D eigenvalue weighted by Crippen LogP contribution is 2.40. The van der Waals surface area contributed by atoms with E-state index in [9.17, 15) is 22.8 Å². The number of hydrogen-bond acceptors (Lipinski definition) is 7. The number of anilines is 1. The molecule has 0 radical (unpaired) electrons. The van der Waals surface area contributed by atoms with Crippen molar-refractivity contribution in [1.82, 2.24) is 15.9 Å². The zero-order chi connectivity index (χ0) is 20.8. The number of hydroxylamine groups is 1. The maximum Gasteiger partial charge on any atom is 0.492 e. The summed E-state index contributed by atoms with van der Waals surface area (Å²) in [6.45, 7) is 3.36. The number of hydrazine groups is 1. The van der Waals surface area contributed by atoms with Crippen LogP contribution < -0.4 is 20.4 Å². The molecule has 3 heterocycles. The van der Waals surface area contributed by atoms with Gasteiger partial charge in [0.2, 0.25) is 0 Å². The molecule has 3 aliphatic heterocycles. The number of piperidine rings is 1. The maximum absolute atomic E-state index is 12.6. The summed E-state index contributed by atoms with van der Waals surface area (Å²) in [5, 5.41) is 3.83. The molecule has 2 N–H and O–H groups in total. The van der Waals surface area contributed by atoms with E-state index in [0.717, 1.165) is 31.5 Å². The summed E-state index contributed by atoms with van der Waals surface area (Å²) < 4.78 is 43.6. The molecule has 0 saturated carbocycles. The lowest BCUT2D eigenvalue weighted by atomic mass is 9.89. The molecule has 8 nitrogen and oxygen atoms in total. The van der Waals surface area contributed by atoms with Crippen molar-refractivity contribution in [3.63, 3.8) is 0 Å². The Bertz CT molecular complexity index is 813. The Balaban J connectivity index is 1.64. The minimum absolute atomic E-state index is 0.0878. The van der Waals surface area contributed by atoms with Gasteiger partial charge in [-0.05, 0) is 61.6 Å². The number of amides is 1. The van der Waals surface area contributed by atoms with E-state index in [1.807, 2.05) is 18.2 Å². The van der Waals surface area contributed by atoms with Crippen molar-refractivity contribution in [3.8, 4) is 5.75 Å². The molecule has 11 heteroatoms. The third-order valence-corrected chi connectivity index (χ3v) is 5.48. The van der Waals surface area contributed by atoms with Gasteiger partial charge in [0.1, 0.15) is 18.4 Å². The highest BCUT2D eigenvalue weighted by atomic mass is 19.4. The van der Waals surface area contributed by atoms with E-state index < -0.39 is 30.3 Å².